The maximum absolute atomic E-state index is 13.6. The van der Waals surface area contributed by atoms with Crippen molar-refractivity contribution in [3.8, 4) is 0 Å². The van der Waals surface area contributed by atoms with Crippen LogP contribution in [0.3, 0.4) is 0 Å². The van der Waals surface area contributed by atoms with Gasteiger partial charge in [0.05, 0.1) is 15.1 Å². The molecule has 0 radical (unpaired) electrons. The summed E-state index contributed by atoms with van der Waals surface area (Å²) in [5.41, 5.74) is 4.48. The molecule has 3 aromatic carbocycles. The number of aryl methyl sites for hydroxylation is 2. The maximum Gasteiger partial charge on any atom is 0.260 e. The van der Waals surface area contributed by atoms with Gasteiger partial charge >= 0.3 is 0 Å². The highest BCUT2D eigenvalue weighted by Crippen LogP contribution is 2.32. The van der Waals surface area contributed by atoms with E-state index in [9.17, 15) is 13.2 Å². The summed E-state index contributed by atoms with van der Waals surface area (Å²) < 4.78 is 28.6. The summed E-state index contributed by atoms with van der Waals surface area (Å²) in [6.45, 7) is 5.48. The van der Waals surface area contributed by atoms with Crippen LogP contribution >= 0.6 is 23.7 Å². The molecule has 1 aromatic heterocycles. The lowest BCUT2D eigenvalue weighted by Crippen LogP contribution is -2.36. The third kappa shape index (κ3) is 6.42. The normalized spacial score (nSPS) is 11.7. The van der Waals surface area contributed by atoms with Gasteiger partial charge in [0.2, 0.25) is 10.0 Å². The van der Waals surface area contributed by atoms with Gasteiger partial charge in [-0.25, -0.2) is 13.4 Å². The predicted octanol–water partition coefficient (Wildman–Crippen LogP) is 5.36. The smallest absolute Gasteiger partial charge is 0.260 e. The Morgan fingerprint density at radius 1 is 0.895 bits per heavy atom. The minimum absolute atomic E-state index is 0. The standard InChI is InChI=1S/C28H32N4O3S2.ClH/c1-20-11-16-25-26(21(20)2)29-28(36-25)32(18-17-30(3)4)27(33)23-12-14-24(15-13-23)37(34,35)31(5)19-22-9-7-6-8-10-22;/h6-16H,17-19H2,1-5H3;1H. The van der Waals surface area contributed by atoms with Crippen LogP contribution in [0.1, 0.15) is 27.0 Å². The minimum atomic E-state index is -3.71. The van der Waals surface area contributed by atoms with Gasteiger partial charge in [0, 0.05) is 32.2 Å². The number of hydrogen-bond donors (Lipinski definition) is 0. The van der Waals surface area contributed by atoms with E-state index >= 15 is 0 Å². The van der Waals surface area contributed by atoms with Crippen molar-refractivity contribution in [3.63, 3.8) is 0 Å². The molecular weight excluding hydrogens is 540 g/mol. The Hall–Kier alpha value is -2.82. The fraction of sp³-hybridized carbons (Fsp3) is 0.286. The summed E-state index contributed by atoms with van der Waals surface area (Å²) in [4.78, 5) is 22.3. The number of benzene rings is 3. The largest absolute Gasteiger partial charge is 0.308 e. The second-order valence-corrected chi connectivity index (χ2v) is 12.4. The second kappa shape index (κ2) is 12.4. The van der Waals surface area contributed by atoms with Crippen molar-refractivity contribution < 1.29 is 13.2 Å². The van der Waals surface area contributed by atoms with E-state index in [0.29, 0.717) is 23.8 Å². The summed E-state index contributed by atoms with van der Waals surface area (Å²) in [6.07, 6.45) is 0. The molecule has 0 spiro atoms. The zero-order valence-corrected chi connectivity index (χ0v) is 24.7. The molecule has 0 bridgehead atoms. The molecule has 0 fully saturated rings. The molecule has 0 aliphatic rings. The fourth-order valence-electron chi connectivity index (χ4n) is 3.94. The maximum atomic E-state index is 13.6. The fourth-order valence-corrected chi connectivity index (χ4v) is 6.15. The number of carbonyl (C=O) groups excluding carboxylic acids is 1. The number of carbonyl (C=O) groups is 1. The van der Waals surface area contributed by atoms with Crippen LogP contribution < -0.4 is 4.90 Å². The Labute approximate surface area is 235 Å². The molecule has 0 unspecified atom stereocenters. The molecule has 0 aliphatic carbocycles. The monoisotopic (exact) mass is 572 g/mol. The lowest BCUT2D eigenvalue weighted by atomic mass is 10.1. The van der Waals surface area contributed by atoms with Gasteiger partial charge in [-0.2, -0.15) is 4.31 Å². The van der Waals surface area contributed by atoms with Crippen molar-refractivity contribution in [2.45, 2.75) is 25.3 Å². The second-order valence-electron chi connectivity index (χ2n) is 9.38. The number of likely N-dealkylation sites (N-methyl/N-ethyl adjacent to an activating group) is 1. The van der Waals surface area contributed by atoms with Crippen molar-refractivity contribution in [1.82, 2.24) is 14.2 Å². The highest BCUT2D eigenvalue weighted by Gasteiger charge is 2.25. The minimum Gasteiger partial charge on any atom is -0.308 e. The zero-order chi connectivity index (χ0) is 26.7. The first-order valence-corrected chi connectivity index (χ1v) is 14.3. The molecule has 4 rings (SSSR count). The molecule has 7 nitrogen and oxygen atoms in total. The van der Waals surface area contributed by atoms with E-state index in [2.05, 4.69) is 13.0 Å². The van der Waals surface area contributed by atoms with Gasteiger partial charge in [0.1, 0.15) is 0 Å². The third-order valence-corrected chi connectivity index (χ3v) is 9.24. The Bertz CT molecular complexity index is 1500. The Balaban J connectivity index is 0.00000400. The van der Waals surface area contributed by atoms with Crippen molar-refractivity contribution in [2.75, 3.05) is 39.1 Å². The van der Waals surface area contributed by atoms with E-state index < -0.39 is 10.0 Å². The topological polar surface area (TPSA) is 73.8 Å². The Morgan fingerprint density at radius 2 is 1.55 bits per heavy atom. The molecule has 1 amide bonds. The number of thiazole rings is 1. The van der Waals surface area contributed by atoms with Crippen LogP contribution in [0.25, 0.3) is 10.2 Å². The number of aromatic nitrogens is 1. The van der Waals surface area contributed by atoms with Crippen molar-refractivity contribution in [1.29, 1.82) is 0 Å². The number of sulfonamides is 1. The molecule has 202 valence electrons. The van der Waals surface area contributed by atoms with Crippen LogP contribution in [0.4, 0.5) is 5.13 Å². The number of fused-ring (bicyclic) bond motifs is 1. The van der Waals surface area contributed by atoms with Crippen LogP contribution in [-0.4, -0.2) is 62.7 Å². The van der Waals surface area contributed by atoms with E-state index in [-0.39, 0.29) is 29.8 Å². The van der Waals surface area contributed by atoms with Crippen LogP contribution in [0, 0.1) is 13.8 Å². The van der Waals surface area contributed by atoms with Gasteiger partial charge in [0.15, 0.2) is 5.13 Å². The lowest BCUT2D eigenvalue weighted by molar-refractivity contribution is 0.0985. The highest BCUT2D eigenvalue weighted by atomic mass is 35.5. The summed E-state index contributed by atoms with van der Waals surface area (Å²) in [6, 6.07) is 19.7. The number of hydrogen-bond acceptors (Lipinski definition) is 6. The van der Waals surface area contributed by atoms with Gasteiger partial charge in [-0.05, 0) is 75.0 Å². The molecule has 0 aliphatic heterocycles. The highest BCUT2D eigenvalue weighted by molar-refractivity contribution is 7.89. The molecule has 38 heavy (non-hydrogen) atoms. The Kier molecular flexibility index (Phi) is 9.67. The quantitative estimate of drug-likeness (QED) is 0.270. The van der Waals surface area contributed by atoms with Gasteiger partial charge in [-0.1, -0.05) is 47.7 Å². The number of amides is 1. The number of rotatable bonds is 9. The molecule has 10 heteroatoms. The first-order valence-electron chi connectivity index (χ1n) is 12.0. The molecule has 0 N–H and O–H groups in total. The van der Waals surface area contributed by atoms with E-state index in [0.717, 1.165) is 26.9 Å². The number of nitrogens with zero attached hydrogens (tertiary/aromatic N) is 4. The van der Waals surface area contributed by atoms with E-state index in [1.165, 1.54) is 27.8 Å². The van der Waals surface area contributed by atoms with Crippen LogP contribution in [0.5, 0.6) is 0 Å². The molecule has 0 saturated carbocycles. The predicted molar refractivity (Wildman–Crippen MR) is 158 cm³/mol. The average Bonchev–Trinajstić information content (AvgIpc) is 3.31. The van der Waals surface area contributed by atoms with Crippen molar-refractivity contribution >= 4 is 55.0 Å². The van der Waals surface area contributed by atoms with E-state index in [1.54, 1.807) is 24.1 Å². The average molecular weight is 573 g/mol. The van der Waals surface area contributed by atoms with Crippen LogP contribution in [-0.2, 0) is 16.6 Å². The van der Waals surface area contributed by atoms with Gasteiger partial charge < -0.3 is 4.90 Å². The molecule has 4 aromatic rings. The van der Waals surface area contributed by atoms with Gasteiger partial charge in [0.25, 0.3) is 5.91 Å². The third-order valence-electron chi connectivity index (χ3n) is 6.38. The zero-order valence-electron chi connectivity index (χ0n) is 22.2. The molecule has 1 heterocycles. The molecule has 0 atom stereocenters. The summed E-state index contributed by atoms with van der Waals surface area (Å²) >= 11 is 1.49. The number of anilines is 1. The lowest BCUT2D eigenvalue weighted by Gasteiger charge is -2.22. The van der Waals surface area contributed by atoms with E-state index in [1.807, 2.05) is 62.3 Å². The first kappa shape index (κ1) is 29.7. The van der Waals surface area contributed by atoms with E-state index in [4.69, 9.17) is 4.98 Å². The molecular formula is C28H33ClN4O3S2. The first-order chi connectivity index (χ1) is 17.6. The van der Waals surface area contributed by atoms with Crippen LogP contribution in [0.2, 0.25) is 0 Å². The number of halogens is 1. The van der Waals surface area contributed by atoms with Crippen molar-refractivity contribution in [2.24, 2.45) is 0 Å². The summed E-state index contributed by atoms with van der Waals surface area (Å²) in [5, 5.41) is 0.634. The molecule has 0 saturated heterocycles. The summed E-state index contributed by atoms with van der Waals surface area (Å²) in [7, 11) is 1.77. The Morgan fingerprint density at radius 3 is 2.18 bits per heavy atom. The van der Waals surface area contributed by atoms with Crippen LogP contribution in [0.15, 0.2) is 71.6 Å². The van der Waals surface area contributed by atoms with Crippen molar-refractivity contribution in [3.05, 3.63) is 89.0 Å². The summed E-state index contributed by atoms with van der Waals surface area (Å²) in [5.74, 6) is -0.211. The SMILES string of the molecule is Cc1ccc2sc(N(CCN(C)C)C(=O)c3ccc(S(=O)(=O)N(C)Cc4ccccc4)cc3)nc2c1C.Cl. The van der Waals surface area contributed by atoms with Gasteiger partial charge in [-0.3, -0.25) is 9.69 Å². The van der Waals surface area contributed by atoms with Gasteiger partial charge in [-0.15, -0.1) is 12.4 Å².